The van der Waals surface area contributed by atoms with Gasteiger partial charge in [-0.1, -0.05) is 0 Å². The van der Waals surface area contributed by atoms with E-state index in [1.807, 2.05) is 0 Å². The number of carbonyl (C=O) groups is 2. The molecule has 0 fully saturated rings. The first-order valence-electron chi connectivity index (χ1n) is 5.78. The maximum Gasteiger partial charge on any atom is 0.304 e. The van der Waals surface area contributed by atoms with Gasteiger partial charge in [0.15, 0.2) is 0 Å². The van der Waals surface area contributed by atoms with Crippen molar-refractivity contribution >= 4 is 46.8 Å². The molecule has 20 heavy (non-hydrogen) atoms. The van der Waals surface area contributed by atoms with Crippen LogP contribution in [-0.4, -0.2) is 33.7 Å². The summed E-state index contributed by atoms with van der Waals surface area (Å²) in [7, 11) is 0. The fourth-order valence-corrected chi connectivity index (χ4v) is 3.26. The summed E-state index contributed by atoms with van der Waals surface area (Å²) in [5.41, 5.74) is 12.7. The number of thioether (sulfide) groups is 2. The fourth-order valence-electron chi connectivity index (χ4n) is 1.34. The molecule has 0 aromatic heterocycles. The Bertz CT molecular complexity index is 467. The van der Waals surface area contributed by atoms with E-state index < -0.39 is 11.9 Å². The average Bonchev–Trinajstić information content (AvgIpc) is 2.33. The Kier molecular flexibility index (Phi) is 6.53. The zero-order chi connectivity index (χ0) is 15.1. The normalized spacial score (nSPS) is 10.4. The number of hydrogen-bond donors (Lipinski definition) is 4. The first-order valence-corrected chi connectivity index (χ1v) is 7.75. The van der Waals surface area contributed by atoms with Crippen molar-refractivity contribution in [3.63, 3.8) is 0 Å². The SMILES string of the molecule is Nc1cc(N)c(SCCC(=O)O)cc1SCCC(=O)O. The van der Waals surface area contributed by atoms with Gasteiger partial charge in [0.2, 0.25) is 0 Å². The molecular formula is C12H16N2O4S2. The van der Waals surface area contributed by atoms with Gasteiger partial charge in [0, 0.05) is 32.7 Å². The summed E-state index contributed by atoms with van der Waals surface area (Å²) >= 11 is 2.69. The predicted octanol–water partition coefficient (Wildman–Crippen LogP) is 1.98. The molecule has 0 aliphatic carbocycles. The fraction of sp³-hybridized carbons (Fsp3) is 0.333. The van der Waals surface area contributed by atoms with Crippen LogP contribution in [0.4, 0.5) is 11.4 Å². The zero-order valence-corrected chi connectivity index (χ0v) is 12.3. The third-order valence-electron chi connectivity index (χ3n) is 2.29. The van der Waals surface area contributed by atoms with Crippen molar-refractivity contribution in [1.29, 1.82) is 0 Å². The molecule has 0 heterocycles. The second-order valence-corrected chi connectivity index (χ2v) is 6.19. The van der Waals surface area contributed by atoms with Crippen LogP contribution in [0.5, 0.6) is 0 Å². The molecule has 6 N–H and O–H groups in total. The Labute approximate surface area is 124 Å². The number of nitrogens with two attached hydrogens (primary N) is 2. The van der Waals surface area contributed by atoms with Gasteiger partial charge in [-0.25, -0.2) is 0 Å². The van der Waals surface area contributed by atoms with E-state index in [0.29, 0.717) is 22.9 Å². The largest absolute Gasteiger partial charge is 0.481 e. The van der Waals surface area contributed by atoms with E-state index in [2.05, 4.69) is 0 Å². The van der Waals surface area contributed by atoms with Gasteiger partial charge in [-0.15, -0.1) is 23.5 Å². The molecule has 0 saturated carbocycles. The Morgan fingerprint density at radius 1 is 0.900 bits per heavy atom. The van der Waals surface area contributed by atoms with Crippen LogP contribution < -0.4 is 11.5 Å². The van der Waals surface area contributed by atoms with Gasteiger partial charge in [0.05, 0.1) is 12.8 Å². The van der Waals surface area contributed by atoms with Crippen LogP contribution in [0.2, 0.25) is 0 Å². The summed E-state index contributed by atoms with van der Waals surface area (Å²) in [6, 6.07) is 3.40. The van der Waals surface area contributed by atoms with Crippen molar-refractivity contribution in [2.75, 3.05) is 23.0 Å². The third-order valence-corrected chi connectivity index (χ3v) is 4.43. The van der Waals surface area contributed by atoms with Gasteiger partial charge in [0.1, 0.15) is 0 Å². The molecule has 0 aliphatic rings. The Hall–Kier alpha value is -1.54. The molecule has 6 nitrogen and oxygen atoms in total. The van der Waals surface area contributed by atoms with Gasteiger partial charge in [0.25, 0.3) is 0 Å². The second kappa shape index (κ2) is 7.91. The van der Waals surface area contributed by atoms with Crippen LogP contribution in [-0.2, 0) is 9.59 Å². The van der Waals surface area contributed by atoms with E-state index >= 15 is 0 Å². The van der Waals surface area contributed by atoms with Crippen molar-refractivity contribution in [2.24, 2.45) is 0 Å². The molecule has 8 heteroatoms. The molecule has 110 valence electrons. The summed E-state index contributed by atoms with van der Waals surface area (Å²) in [5.74, 6) is -0.879. The van der Waals surface area contributed by atoms with E-state index in [1.165, 1.54) is 23.5 Å². The number of hydrogen-bond acceptors (Lipinski definition) is 6. The maximum absolute atomic E-state index is 10.5. The molecule has 0 aliphatic heterocycles. The Morgan fingerprint density at radius 2 is 1.30 bits per heavy atom. The highest BCUT2D eigenvalue weighted by Gasteiger charge is 2.09. The summed E-state index contributed by atoms with van der Waals surface area (Å²) < 4.78 is 0. The van der Waals surface area contributed by atoms with Gasteiger partial charge >= 0.3 is 11.9 Å². The van der Waals surface area contributed by atoms with Crippen molar-refractivity contribution in [3.05, 3.63) is 12.1 Å². The van der Waals surface area contributed by atoms with Gasteiger partial charge in [-0.05, 0) is 12.1 Å². The highest BCUT2D eigenvalue weighted by molar-refractivity contribution is 8.00. The summed E-state index contributed by atoms with van der Waals surface area (Å²) in [5, 5.41) is 17.2. The van der Waals surface area contributed by atoms with Crippen LogP contribution in [0.1, 0.15) is 12.8 Å². The molecule has 0 saturated heterocycles. The predicted molar refractivity (Wildman–Crippen MR) is 81.2 cm³/mol. The number of carboxylic acids is 2. The molecule has 0 spiro atoms. The minimum Gasteiger partial charge on any atom is -0.481 e. The van der Waals surface area contributed by atoms with Crippen LogP contribution in [0.25, 0.3) is 0 Å². The molecular weight excluding hydrogens is 300 g/mol. The first kappa shape index (κ1) is 16.5. The highest BCUT2D eigenvalue weighted by atomic mass is 32.2. The molecule has 0 radical (unpaired) electrons. The van der Waals surface area contributed by atoms with Crippen molar-refractivity contribution < 1.29 is 19.8 Å². The second-order valence-electron chi connectivity index (χ2n) is 3.91. The molecule has 1 rings (SSSR count). The Morgan fingerprint density at radius 3 is 1.65 bits per heavy atom. The topological polar surface area (TPSA) is 127 Å². The molecule has 0 unspecified atom stereocenters. The maximum atomic E-state index is 10.5. The Balaban J connectivity index is 2.70. The van der Waals surface area contributed by atoms with Crippen LogP contribution >= 0.6 is 23.5 Å². The molecule has 0 amide bonds. The molecule has 0 bridgehead atoms. The van der Waals surface area contributed by atoms with Crippen molar-refractivity contribution in [1.82, 2.24) is 0 Å². The lowest BCUT2D eigenvalue weighted by Crippen LogP contribution is -2.00. The number of nitrogen functional groups attached to an aromatic ring is 2. The summed E-state index contributed by atoms with van der Waals surface area (Å²) in [4.78, 5) is 22.5. The van der Waals surface area contributed by atoms with E-state index in [4.69, 9.17) is 21.7 Å². The standard InChI is InChI=1S/C12H16N2O4S2/c13-7-5-8(14)10(20-4-2-12(17)18)6-9(7)19-3-1-11(15)16/h5-6H,1-4,13-14H2,(H,15,16)(H,17,18). The van der Waals surface area contributed by atoms with Crippen LogP contribution in [0.3, 0.4) is 0 Å². The lowest BCUT2D eigenvalue weighted by atomic mass is 10.3. The monoisotopic (exact) mass is 316 g/mol. The van der Waals surface area contributed by atoms with E-state index in [9.17, 15) is 9.59 Å². The minimum atomic E-state index is -0.859. The summed E-state index contributed by atoms with van der Waals surface area (Å²) in [6.45, 7) is 0. The smallest absolute Gasteiger partial charge is 0.304 e. The minimum absolute atomic E-state index is 0.0516. The van der Waals surface area contributed by atoms with Crippen LogP contribution in [0, 0.1) is 0 Å². The molecule has 0 atom stereocenters. The van der Waals surface area contributed by atoms with Crippen LogP contribution in [0.15, 0.2) is 21.9 Å². The average molecular weight is 316 g/mol. The first-order chi connectivity index (χ1) is 9.40. The summed E-state index contributed by atoms with van der Waals surface area (Å²) in [6.07, 6.45) is 0.103. The van der Waals surface area contributed by atoms with E-state index in [1.54, 1.807) is 12.1 Å². The molecule has 1 aromatic carbocycles. The lowest BCUT2D eigenvalue weighted by Gasteiger charge is -2.10. The molecule has 1 aromatic rings. The number of anilines is 2. The van der Waals surface area contributed by atoms with E-state index in [0.717, 1.165) is 9.79 Å². The number of aliphatic carboxylic acids is 2. The lowest BCUT2D eigenvalue weighted by molar-refractivity contribution is -0.137. The van der Waals surface area contributed by atoms with E-state index in [-0.39, 0.29) is 12.8 Å². The number of carboxylic acid groups (broad SMARTS) is 2. The van der Waals surface area contributed by atoms with Gasteiger partial charge in [-0.2, -0.15) is 0 Å². The quantitative estimate of drug-likeness (QED) is 0.423. The van der Waals surface area contributed by atoms with Gasteiger partial charge < -0.3 is 21.7 Å². The van der Waals surface area contributed by atoms with Crippen molar-refractivity contribution in [3.8, 4) is 0 Å². The highest BCUT2D eigenvalue weighted by Crippen LogP contribution is 2.35. The number of rotatable bonds is 8. The zero-order valence-electron chi connectivity index (χ0n) is 10.7. The number of benzene rings is 1. The van der Waals surface area contributed by atoms with Gasteiger partial charge in [-0.3, -0.25) is 9.59 Å². The van der Waals surface area contributed by atoms with Crippen molar-refractivity contribution in [2.45, 2.75) is 22.6 Å². The third kappa shape index (κ3) is 5.62.